The standard InChI is InChI=1S/C23H28N8.ClH/c1-4-29-11-13-30(14-12-29)19-8-6-18(7-9-19)25-23-24-15-17-5-10-20-22(21(17)26-23)31(16(2)3)28-27-20;/h5-10,15-16H,4,11-14H2,1-3H3,(H,24,25,26);1H. The Morgan fingerprint density at radius 1 is 1.00 bits per heavy atom. The summed E-state index contributed by atoms with van der Waals surface area (Å²) in [6, 6.07) is 12.7. The molecule has 2 aromatic heterocycles. The van der Waals surface area contributed by atoms with E-state index < -0.39 is 0 Å². The van der Waals surface area contributed by atoms with E-state index >= 15 is 0 Å². The molecule has 1 N–H and O–H groups in total. The molecule has 4 aromatic rings. The molecule has 1 aliphatic rings. The van der Waals surface area contributed by atoms with Gasteiger partial charge >= 0.3 is 0 Å². The minimum Gasteiger partial charge on any atom is -0.369 e. The molecular formula is C23H29ClN8. The van der Waals surface area contributed by atoms with Crippen molar-refractivity contribution in [3.05, 3.63) is 42.6 Å². The van der Waals surface area contributed by atoms with Crippen molar-refractivity contribution >= 4 is 51.7 Å². The number of fused-ring (bicyclic) bond motifs is 3. The average Bonchev–Trinajstić information content (AvgIpc) is 3.25. The summed E-state index contributed by atoms with van der Waals surface area (Å²) in [5, 5.41) is 12.9. The molecule has 1 aliphatic heterocycles. The van der Waals surface area contributed by atoms with Gasteiger partial charge in [-0.15, -0.1) is 17.5 Å². The van der Waals surface area contributed by atoms with Gasteiger partial charge in [-0.05, 0) is 56.8 Å². The van der Waals surface area contributed by atoms with Crippen LogP contribution in [0.2, 0.25) is 0 Å². The van der Waals surface area contributed by atoms with E-state index in [0.717, 1.165) is 60.3 Å². The zero-order valence-corrected chi connectivity index (χ0v) is 19.5. The summed E-state index contributed by atoms with van der Waals surface area (Å²) >= 11 is 0. The lowest BCUT2D eigenvalue weighted by atomic mass is 10.2. The number of halogens is 1. The number of hydrogen-bond acceptors (Lipinski definition) is 7. The van der Waals surface area contributed by atoms with Crippen LogP contribution in [0.4, 0.5) is 17.3 Å². The van der Waals surface area contributed by atoms with E-state index in [4.69, 9.17) is 4.98 Å². The molecular weight excluding hydrogens is 424 g/mol. The lowest BCUT2D eigenvalue weighted by molar-refractivity contribution is 0.271. The Hall–Kier alpha value is -2.97. The SMILES string of the molecule is CCN1CCN(c2ccc(Nc3ncc4ccc5nnn(C(C)C)c5c4n3)cc2)CC1.Cl. The van der Waals surface area contributed by atoms with Crippen molar-refractivity contribution in [3.8, 4) is 0 Å². The third kappa shape index (κ3) is 4.20. The molecule has 168 valence electrons. The Morgan fingerprint density at radius 2 is 1.75 bits per heavy atom. The van der Waals surface area contributed by atoms with Crippen LogP contribution in [0.3, 0.4) is 0 Å². The summed E-state index contributed by atoms with van der Waals surface area (Å²) in [5.41, 5.74) is 4.88. The first-order valence-electron chi connectivity index (χ1n) is 11.0. The van der Waals surface area contributed by atoms with Crippen LogP contribution in [0.15, 0.2) is 42.6 Å². The van der Waals surface area contributed by atoms with Gasteiger partial charge in [-0.2, -0.15) is 0 Å². The molecule has 0 saturated carbocycles. The number of likely N-dealkylation sites (N-methyl/N-ethyl adjacent to an activating group) is 1. The van der Waals surface area contributed by atoms with Crippen molar-refractivity contribution in [2.75, 3.05) is 42.9 Å². The van der Waals surface area contributed by atoms with Gasteiger partial charge in [0.05, 0.1) is 0 Å². The van der Waals surface area contributed by atoms with Crippen LogP contribution in [0.1, 0.15) is 26.8 Å². The van der Waals surface area contributed by atoms with Crippen molar-refractivity contribution in [3.63, 3.8) is 0 Å². The van der Waals surface area contributed by atoms with E-state index in [-0.39, 0.29) is 18.4 Å². The maximum absolute atomic E-state index is 4.80. The van der Waals surface area contributed by atoms with Gasteiger partial charge in [0, 0.05) is 55.2 Å². The van der Waals surface area contributed by atoms with Crippen LogP contribution in [-0.2, 0) is 0 Å². The maximum atomic E-state index is 4.80. The van der Waals surface area contributed by atoms with Crippen LogP contribution < -0.4 is 10.2 Å². The molecule has 1 fully saturated rings. The summed E-state index contributed by atoms with van der Waals surface area (Å²) in [7, 11) is 0. The number of piperazine rings is 1. The molecule has 0 radical (unpaired) electrons. The highest BCUT2D eigenvalue weighted by atomic mass is 35.5. The predicted molar refractivity (Wildman–Crippen MR) is 132 cm³/mol. The topological polar surface area (TPSA) is 75.0 Å². The molecule has 3 heterocycles. The summed E-state index contributed by atoms with van der Waals surface area (Å²) in [4.78, 5) is 14.2. The monoisotopic (exact) mass is 452 g/mol. The second-order valence-electron chi connectivity index (χ2n) is 8.29. The Balaban J connectivity index is 0.00000245. The molecule has 0 unspecified atom stereocenters. The second-order valence-corrected chi connectivity index (χ2v) is 8.29. The number of benzene rings is 2. The lowest BCUT2D eigenvalue weighted by Crippen LogP contribution is -2.46. The van der Waals surface area contributed by atoms with E-state index in [1.807, 2.05) is 23.0 Å². The van der Waals surface area contributed by atoms with Crippen molar-refractivity contribution in [1.82, 2.24) is 29.9 Å². The van der Waals surface area contributed by atoms with Gasteiger partial charge in [0.15, 0.2) is 0 Å². The van der Waals surface area contributed by atoms with Crippen LogP contribution in [0.25, 0.3) is 21.9 Å². The molecule has 8 nitrogen and oxygen atoms in total. The maximum Gasteiger partial charge on any atom is 0.227 e. The average molecular weight is 453 g/mol. The number of nitrogens with zero attached hydrogens (tertiary/aromatic N) is 7. The molecule has 32 heavy (non-hydrogen) atoms. The number of hydrogen-bond donors (Lipinski definition) is 1. The van der Waals surface area contributed by atoms with Gasteiger partial charge in [0.25, 0.3) is 0 Å². The highest BCUT2D eigenvalue weighted by Gasteiger charge is 2.16. The molecule has 0 amide bonds. The molecule has 2 aromatic carbocycles. The van der Waals surface area contributed by atoms with Crippen LogP contribution in [-0.4, -0.2) is 62.6 Å². The third-order valence-corrected chi connectivity index (χ3v) is 5.98. The number of nitrogens with one attached hydrogen (secondary N) is 1. The fourth-order valence-corrected chi connectivity index (χ4v) is 4.15. The first-order chi connectivity index (χ1) is 15.1. The highest BCUT2D eigenvalue weighted by Crippen LogP contribution is 2.26. The van der Waals surface area contributed by atoms with Crippen molar-refractivity contribution in [1.29, 1.82) is 0 Å². The van der Waals surface area contributed by atoms with Gasteiger partial charge in [0.1, 0.15) is 16.6 Å². The second kappa shape index (κ2) is 9.26. The third-order valence-electron chi connectivity index (χ3n) is 5.98. The van der Waals surface area contributed by atoms with Crippen molar-refractivity contribution in [2.24, 2.45) is 0 Å². The first-order valence-corrected chi connectivity index (χ1v) is 11.0. The number of aromatic nitrogens is 5. The Labute approximate surface area is 194 Å². The first kappa shape index (κ1) is 22.2. The number of anilines is 3. The quantitative estimate of drug-likeness (QED) is 0.484. The molecule has 1 saturated heterocycles. The normalized spacial score (nSPS) is 14.8. The van der Waals surface area contributed by atoms with Gasteiger partial charge < -0.3 is 15.1 Å². The molecule has 0 spiro atoms. The summed E-state index contributed by atoms with van der Waals surface area (Å²) in [6.07, 6.45) is 1.85. The Bertz CT molecular complexity index is 1200. The van der Waals surface area contributed by atoms with Crippen LogP contribution >= 0.6 is 12.4 Å². The smallest absolute Gasteiger partial charge is 0.227 e. The van der Waals surface area contributed by atoms with E-state index in [1.165, 1.54) is 5.69 Å². The fraction of sp³-hybridized carbons (Fsp3) is 0.391. The Kier molecular flexibility index (Phi) is 6.43. The highest BCUT2D eigenvalue weighted by molar-refractivity contribution is 6.01. The van der Waals surface area contributed by atoms with Crippen LogP contribution in [0.5, 0.6) is 0 Å². The predicted octanol–water partition coefficient (Wildman–Crippen LogP) is 4.26. The molecule has 0 bridgehead atoms. The molecule has 9 heteroatoms. The zero-order valence-electron chi connectivity index (χ0n) is 18.7. The molecule has 5 rings (SSSR count). The fourth-order valence-electron chi connectivity index (χ4n) is 4.15. The van der Waals surface area contributed by atoms with E-state index in [0.29, 0.717) is 5.95 Å². The molecule has 0 aliphatic carbocycles. The summed E-state index contributed by atoms with van der Waals surface area (Å²) in [6.45, 7) is 11.9. The van der Waals surface area contributed by atoms with Crippen molar-refractivity contribution in [2.45, 2.75) is 26.8 Å². The van der Waals surface area contributed by atoms with Crippen molar-refractivity contribution < 1.29 is 0 Å². The molecule has 0 atom stereocenters. The Morgan fingerprint density at radius 3 is 2.44 bits per heavy atom. The van der Waals surface area contributed by atoms with E-state index in [1.54, 1.807) is 0 Å². The zero-order chi connectivity index (χ0) is 21.4. The minimum absolute atomic E-state index is 0. The van der Waals surface area contributed by atoms with Crippen LogP contribution in [0, 0.1) is 0 Å². The van der Waals surface area contributed by atoms with Gasteiger partial charge in [-0.3, -0.25) is 0 Å². The van der Waals surface area contributed by atoms with E-state index in [9.17, 15) is 0 Å². The largest absolute Gasteiger partial charge is 0.369 e. The lowest BCUT2D eigenvalue weighted by Gasteiger charge is -2.35. The summed E-state index contributed by atoms with van der Waals surface area (Å²) in [5.74, 6) is 0.570. The summed E-state index contributed by atoms with van der Waals surface area (Å²) < 4.78 is 1.92. The number of rotatable bonds is 5. The van der Waals surface area contributed by atoms with Gasteiger partial charge in [-0.1, -0.05) is 12.1 Å². The minimum atomic E-state index is 0. The van der Waals surface area contributed by atoms with Gasteiger partial charge in [-0.25, -0.2) is 14.6 Å². The van der Waals surface area contributed by atoms with E-state index in [2.05, 4.69) is 75.4 Å². The van der Waals surface area contributed by atoms with Gasteiger partial charge in [0.2, 0.25) is 5.95 Å².